The van der Waals surface area contributed by atoms with Gasteiger partial charge in [-0.3, -0.25) is 0 Å². The van der Waals surface area contributed by atoms with E-state index in [0.29, 0.717) is 4.90 Å². The molecule has 0 radical (unpaired) electrons. The molecule has 0 bridgehead atoms. The molecule has 0 unspecified atom stereocenters. The molecular formula is C13H15NO2S2. The van der Waals surface area contributed by atoms with Crippen LogP contribution in [-0.2, 0) is 16.4 Å². The highest BCUT2D eigenvalue weighted by Crippen LogP contribution is 2.19. The van der Waals surface area contributed by atoms with Crippen LogP contribution in [0.25, 0.3) is 0 Å². The minimum Gasteiger partial charge on any atom is -0.380 e. The van der Waals surface area contributed by atoms with Gasteiger partial charge in [0.2, 0.25) is 0 Å². The summed E-state index contributed by atoms with van der Waals surface area (Å²) in [5, 5.41) is 5.35. The van der Waals surface area contributed by atoms with Crippen LogP contribution in [0.3, 0.4) is 0 Å². The lowest BCUT2D eigenvalue weighted by Crippen LogP contribution is -2.00. The van der Waals surface area contributed by atoms with Crippen LogP contribution < -0.4 is 5.32 Å². The van der Waals surface area contributed by atoms with Crippen LogP contribution in [-0.4, -0.2) is 14.7 Å². The van der Waals surface area contributed by atoms with Gasteiger partial charge in [-0.05, 0) is 48.2 Å². The predicted octanol–water partition coefficient (Wildman–Crippen LogP) is 3.07. The van der Waals surface area contributed by atoms with Crippen LogP contribution >= 0.6 is 11.3 Å². The topological polar surface area (TPSA) is 46.2 Å². The smallest absolute Gasteiger partial charge is 0.175 e. The molecule has 3 nitrogen and oxygen atoms in total. The monoisotopic (exact) mass is 281 g/mol. The highest BCUT2D eigenvalue weighted by molar-refractivity contribution is 7.90. The number of rotatable bonds is 4. The van der Waals surface area contributed by atoms with Crippen molar-refractivity contribution in [3.8, 4) is 0 Å². The van der Waals surface area contributed by atoms with E-state index in [9.17, 15) is 8.42 Å². The standard InChI is InChI=1S/C13H15NO2S2/c1-10-7-8-17-13(10)9-14-11-3-5-12(6-4-11)18(2,15)16/h3-8,14H,9H2,1-2H3. The molecule has 5 heteroatoms. The van der Waals surface area contributed by atoms with Gasteiger partial charge in [0.1, 0.15) is 0 Å². The van der Waals surface area contributed by atoms with E-state index in [2.05, 4.69) is 23.7 Å². The summed E-state index contributed by atoms with van der Waals surface area (Å²) in [6, 6.07) is 8.92. The Hall–Kier alpha value is -1.33. The molecule has 2 aromatic rings. The van der Waals surface area contributed by atoms with E-state index in [0.717, 1.165) is 12.2 Å². The van der Waals surface area contributed by atoms with Crippen molar-refractivity contribution in [1.82, 2.24) is 0 Å². The van der Waals surface area contributed by atoms with E-state index in [4.69, 9.17) is 0 Å². The number of benzene rings is 1. The number of anilines is 1. The van der Waals surface area contributed by atoms with Crippen LogP contribution in [0.5, 0.6) is 0 Å². The fraction of sp³-hybridized carbons (Fsp3) is 0.231. The summed E-state index contributed by atoms with van der Waals surface area (Å²) in [5.74, 6) is 0. The third kappa shape index (κ3) is 3.11. The number of hydrogen-bond donors (Lipinski definition) is 1. The predicted molar refractivity (Wildman–Crippen MR) is 75.9 cm³/mol. The van der Waals surface area contributed by atoms with Crippen LogP contribution in [0.1, 0.15) is 10.4 Å². The van der Waals surface area contributed by atoms with E-state index in [1.807, 2.05) is 0 Å². The van der Waals surface area contributed by atoms with Crippen molar-refractivity contribution < 1.29 is 8.42 Å². The van der Waals surface area contributed by atoms with Crippen molar-refractivity contribution in [2.45, 2.75) is 18.4 Å². The molecule has 0 amide bonds. The zero-order valence-electron chi connectivity index (χ0n) is 10.3. The lowest BCUT2D eigenvalue weighted by molar-refractivity contribution is 0.602. The van der Waals surface area contributed by atoms with Crippen LogP contribution in [0.15, 0.2) is 40.6 Å². The molecule has 96 valence electrons. The zero-order valence-corrected chi connectivity index (χ0v) is 11.9. The quantitative estimate of drug-likeness (QED) is 0.937. The molecule has 0 fully saturated rings. The second-order valence-electron chi connectivity index (χ2n) is 4.18. The first-order valence-corrected chi connectivity index (χ1v) is 8.31. The molecule has 0 aliphatic rings. The first-order chi connectivity index (χ1) is 8.47. The van der Waals surface area contributed by atoms with E-state index in [-0.39, 0.29) is 0 Å². The Bertz CT molecular complexity index is 627. The molecule has 1 N–H and O–H groups in total. The van der Waals surface area contributed by atoms with Crippen molar-refractivity contribution in [1.29, 1.82) is 0 Å². The molecule has 18 heavy (non-hydrogen) atoms. The third-order valence-electron chi connectivity index (χ3n) is 2.70. The van der Waals surface area contributed by atoms with E-state index in [1.165, 1.54) is 16.7 Å². The maximum atomic E-state index is 11.3. The van der Waals surface area contributed by atoms with Gasteiger partial charge < -0.3 is 5.32 Å². The molecule has 1 aromatic heterocycles. The van der Waals surface area contributed by atoms with Crippen molar-refractivity contribution in [2.75, 3.05) is 11.6 Å². The molecule has 0 saturated heterocycles. The highest BCUT2D eigenvalue weighted by Gasteiger charge is 2.06. The molecular weight excluding hydrogens is 266 g/mol. The SMILES string of the molecule is Cc1ccsc1CNc1ccc(S(C)(=O)=O)cc1. The van der Waals surface area contributed by atoms with Gasteiger partial charge in [0.05, 0.1) is 4.90 Å². The lowest BCUT2D eigenvalue weighted by Gasteiger charge is -2.06. The Morgan fingerprint density at radius 2 is 1.83 bits per heavy atom. The Kier molecular flexibility index (Phi) is 3.73. The second-order valence-corrected chi connectivity index (χ2v) is 7.19. The summed E-state index contributed by atoms with van der Waals surface area (Å²) >= 11 is 1.72. The first kappa shape index (κ1) is 13.1. The molecule has 2 rings (SSSR count). The molecule has 0 saturated carbocycles. The summed E-state index contributed by atoms with van der Waals surface area (Å²) < 4.78 is 22.6. The van der Waals surface area contributed by atoms with Crippen molar-refractivity contribution in [3.63, 3.8) is 0 Å². The molecule has 1 aromatic carbocycles. The molecule has 1 heterocycles. The molecule has 0 spiro atoms. The Labute approximate surface area is 111 Å². The van der Waals surface area contributed by atoms with E-state index < -0.39 is 9.84 Å². The Morgan fingerprint density at radius 3 is 2.33 bits per heavy atom. The van der Waals surface area contributed by atoms with E-state index >= 15 is 0 Å². The van der Waals surface area contributed by atoms with Crippen LogP contribution in [0, 0.1) is 6.92 Å². The average Bonchev–Trinajstić information content (AvgIpc) is 2.72. The highest BCUT2D eigenvalue weighted by atomic mass is 32.2. The third-order valence-corrected chi connectivity index (χ3v) is 4.86. The summed E-state index contributed by atoms with van der Waals surface area (Å²) in [6.45, 7) is 2.85. The van der Waals surface area contributed by atoms with Gasteiger partial charge in [-0.1, -0.05) is 0 Å². The van der Waals surface area contributed by atoms with Gasteiger partial charge in [-0.25, -0.2) is 8.42 Å². The largest absolute Gasteiger partial charge is 0.380 e. The maximum Gasteiger partial charge on any atom is 0.175 e. The van der Waals surface area contributed by atoms with Crippen molar-refractivity contribution in [3.05, 3.63) is 46.2 Å². The fourth-order valence-electron chi connectivity index (χ4n) is 1.59. The van der Waals surface area contributed by atoms with Crippen LogP contribution in [0.4, 0.5) is 5.69 Å². The van der Waals surface area contributed by atoms with Gasteiger partial charge in [-0.15, -0.1) is 11.3 Å². The number of hydrogen-bond acceptors (Lipinski definition) is 4. The van der Waals surface area contributed by atoms with Gasteiger partial charge in [0.15, 0.2) is 9.84 Å². The van der Waals surface area contributed by atoms with E-state index in [1.54, 1.807) is 35.6 Å². The van der Waals surface area contributed by atoms with Crippen LogP contribution in [0.2, 0.25) is 0 Å². The molecule has 0 aliphatic heterocycles. The number of aryl methyl sites for hydroxylation is 1. The summed E-state index contributed by atoms with van der Waals surface area (Å²) in [6.07, 6.45) is 1.21. The number of nitrogens with one attached hydrogen (secondary N) is 1. The Balaban J connectivity index is 2.05. The minimum atomic E-state index is -3.11. The number of thiophene rings is 1. The summed E-state index contributed by atoms with van der Waals surface area (Å²) in [7, 11) is -3.11. The second kappa shape index (κ2) is 5.12. The fourth-order valence-corrected chi connectivity index (χ4v) is 3.06. The van der Waals surface area contributed by atoms with Crippen molar-refractivity contribution >= 4 is 26.9 Å². The van der Waals surface area contributed by atoms with Crippen molar-refractivity contribution in [2.24, 2.45) is 0 Å². The van der Waals surface area contributed by atoms with Gasteiger partial charge >= 0.3 is 0 Å². The van der Waals surface area contributed by atoms with Gasteiger partial charge in [-0.2, -0.15) is 0 Å². The zero-order chi connectivity index (χ0) is 13.2. The molecule has 0 atom stereocenters. The summed E-state index contributed by atoms with van der Waals surface area (Å²) in [4.78, 5) is 1.64. The van der Waals surface area contributed by atoms with Gasteiger partial charge in [0.25, 0.3) is 0 Å². The van der Waals surface area contributed by atoms with Gasteiger partial charge in [0, 0.05) is 23.4 Å². The average molecular weight is 281 g/mol. The minimum absolute atomic E-state index is 0.348. The normalized spacial score (nSPS) is 11.4. The lowest BCUT2D eigenvalue weighted by atomic mass is 10.2. The maximum absolute atomic E-state index is 11.3. The molecule has 0 aliphatic carbocycles. The Morgan fingerprint density at radius 1 is 1.17 bits per heavy atom. The number of sulfone groups is 1. The first-order valence-electron chi connectivity index (χ1n) is 5.54. The summed E-state index contributed by atoms with van der Waals surface area (Å²) in [5.41, 5.74) is 2.20.